The van der Waals surface area contributed by atoms with Crippen molar-refractivity contribution in [2.45, 2.75) is 33.2 Å². The maximum Gasteiger partial charge on any atom is 0.127 e. The second-order valence-electron chi connectivity index (χ2n) is 6.21. The van der Waals surface area contributed by atoms with Crippen molar-refractivity contribution in [1.82, 2.24) is 10.2 Å². The molecule has 0 heterocycles. The predicted octanol–water partition coefficient (Wildman–Crippen LogP) is 3.70. The van der Waals surface area contributed by atoms with Crippen LogP contribution in [0.3, 0.4) is 0 Å². The first-order valence-corrected chi connectivity index (χ1v) is 7.56. The summed E-state index contributed by atoms with van der Waals surface area (Å²) in [5.74, 6) is 0.956. The molecule has 1 rings (SSSR count). The number of hydrogen-bond acceptors (Lipinski definition) is 2. The highest BCUT2D eigenvalue weighted by Gasteiger charge is 2.21. The molecule has 0 aromatic heterocycles. The Kier molecular flexibility index (Phi) is 7.17. The van der Waals surface area contributed by atoms with Crippen molar-refractivity contribution in [1.29, 1.82) is 0 Å². The number of hydrogen-bond donors (Lipinski definition) is 1. The third-order valence-electron chi connectivity index (χ3n) is 3.81. The van der Waals surface area contributed by atoms with Gasteiger partial charge in [0.05, 0.1) is 0 Å². The van der Waals surface area contributed by atoms with Crippen LogP contribution in [0, 0.1) is 17.7 Å². The van der Waals surface area contributed by atoms with Gasteiger partial charge in [-0.3, -0.25) is 0 Å². The van der Waals surface area contributed by atoms with Crippen molar-refractivity contribution in [2.24, 2.45) is 11.8 Å². The fourth-order valence-electron chi connectivity index (χ4n) is 2.64. The van der Waals surface area contributed by atoms with E-state index in [-0.39, 0.29) is 11.9 Å². The van der Waals surface area contributed by atoms with E-state index in [4.69, 9.17) is 0 Å². The lowest BCUT2D eigenvalue weighted by Crippen LogP contribution is -2.34. The van der Waals surface area contributed by atoms with Gasteiger partial charge < -0.3 is 10.2 Å². The minimum absolute atomic E-state index is 0.0534. The lowest BCUT2D eigenvalue weighted by Gasteiger charge is -2.29. The largest absolute Gasteiger partial charge is 0.313 e. The Balaban J connectivity index is 2.63. The van der Waals surface area contributed by atoms with Gasteiger partial charge in [-0.25, -0.2) is 4.39 Å². The molecule has 114 valence electrons. The normalized spacial score (nSPS) is 14.8. The topological polar surface area (TPSA) is 15.3 Å². The summed E-state index contributed by atoms with van der Waals surface area (Å²) in [5, 5.41) is 3.26. The quantitative estimate of drug-likeness (QED) is 0.781. The van der Waals surface area contributed by atoms with E-state index >= 15 is 0 Å². The molecule has 1 aromatic rings. The highest BCUT2D eigenvalue weighted by Crippen LogP contribution is 2.24. The van der Waals surface area contributed by atoms with Crippen LogP contribution in [0.5, 0.6) is 0 Å². The van der Waals surface area contributed by atoms with Crippen molar-refractivity contribution in [3.05, 3.63) is 35.6 Å². The third-order valence-corrected chi connectivity index (χ3v) is 3.81. The number of nitrogens with one attached hydrogen (secondary N) is 1. The highest BCUT2D eigenvalue weighted by atomic mass is 19.1. The molecule has 1 aromatic carbocycles. The SMILES string of the molecule is CNC(c1ccccc1F)C(C)CN(C)CCC(C)C. The first kappa shape index (κ1) is 17.1. The molecule has 0 aliphatic heterocycles. The summed E-state index contributed by atoms with van der Waals surface area (Å²) >= 11 is 0. The summed E-state index contributed by atoms with van der Waals surface area (Å²) in [6, 6.07) is 7.11. The highest BCUT2D eigenvalue weighted by molar-refractivity contribution is 5.21. The maximum atomic E-state index is 13.9. The molecule has 0 radical (unpaired) electrons. The average Bonchev–Trinajstić information content (AvgIpc) is 2.39. The van der Waals surface area contributed by atoms with Crippen molar-refractivity contribution in [2.75, 3.05) is 27.2 Å². The van der Waals surface area contributed by atoms with Crippen LogP contribution in [-0.2, 0) is 0 Å². The standard InChI is InChI=1S/C17H29FN2/c1-13(2)10-11-20(5)12-14(3)17(19-4)15-8-6-7-9-16(15)18/h6-9,13-14,17,19H,10-12H2,1-5H3. The molecule has 0 amide bonds. The van der Waals surface area contributed by atoms with Crippen LogP contribution < -0.4 is 5.32 Å². The molecule has 1 N–H and O–H groups in total. The van der Waals surface area contributed by atoms with Crippen LogP contribution in [0.15, 0.2) is 24.3 Å². The number of nitrogens with zero attached hydrogens (tertiary/aromatic N) is 1. The molecule has 0 saturated carbocycles. The molecular formula is C17H29FN2. The number of benzene rings is 1. The Hall–Kier alpha value is -0.930. The summed E-state index contributed by atoms with van der Waals surface area (Å²) in [6.07, 6.45) is 1.20. The van der Waals surface area contributed by atoms with E-state index in [1.54, 1.807) is 6.07 Å². The third kappa shape index (κ3) is 5.22. The van der Waals surface area contributed by atoms with Gasteiger partial charge in [-0.1, -0.05) is 39.0 Å². The summed E-state index contributed by atoms with van der Waals surface area (Å²) in [6.45, 7) is 8.72. The Bertz CT molecular complexity index is 392. The van der Waals surface area contributed by atoms with Gasteiger partial charge in [-0.05, 0) is 45.0 Å². The zero-order chi connectivity index (χ0) is 15.1. The Morgan fingerprint density at radius 2 is 1.85 bits per heavy atom. The van der Waals surface area contributed by atoms with Crippen molar-refractivity contribution in [3.63, 3.8) is 0 Å². The number of rotatable bonds is 8. The van der Waals surface area contributed by atoms with Crippen LogP contribution in [-0.4, -0.2) is 32.1 Å². The molecule has 2 atom stereocenters. The summed E-state index contributed by atoms with van der Waals surface area (Å²) < 4.78 is 13.9. The molecule has 0 aliphatic carbocycles. The van der Waals surface area contributed by atoms with E-state index in [9.17, 15) is 4.39 Å². The Morgan fingerprint density at radius 3 is 2.40 bits per heavy atom. The van der Waals surface area contributed by atoms with Gasteiger partial charge in [0.25, 0.3) is 0 Å². The molecule has 2 unspecified atom stereocenters. The first-order valence-electron chi connectivity index (χ1n) is 7.56. The molecule has 0 fully saturated rings. The lowest BCUT2D eigenvalue weighted by atomic mass is 9.93. The van der Waals surface area contributed by atoms with Gasteiger partial charge in [0.2, 0.25) is 0 Å². The van der Waals surface area contributed by atoms with Crippen LogP contribution in [0.2, 0.25) is 0 Å². The summed E-state index contributed by atoms with van der Waals surface area (Å²) in [5.41, 5.74) is 0.764. The monoisotopic (exact) mass is 280 g/mol. The van der Waals surface area contributed by atoms with Crippen LogP contribution in [0.25, 0.3) is 0 Å². The number of halogens is 1. The van der Waals surface area contributed by atoms with Crippen LogP contribution >= 0.6 is 0 Å². The predicted molar refractivity (Wildman–Crippen MR) is 84.3 cm³/mol. The zero-order valence-corrected chi connectivity index (χ0v) is 13.5. The average molecular weight is 280 g/mol. The Morgan fingerprint density at radius 1 is 1.20 bits per heavy atom. The van der Waals surface area contributed by atoms with E-state index in [0.717, 1.165) is 24.6 Å². The fourth-order valence-corrected chi connectivity index (χ4v) is 2.64. The molecule has 0 saturated heterocycles. The van der Waals surface area contributed by atoms with E-state index in [1.165, 1.54) is 12.5 Å². The van der Waals surface area contributed by atoms with E-state index < -0.39 is 0 Å². The van der Waals surface area contributed by atoms with Crippen molar-refractivity contribution >= 4 is 0 Å². The second-order valence-corrected chi connectivity index (χ2v) is 6.21. The van der Waals surface area contributed by atoms with Gasteiger partial charge >= 0.3 is 0 Å². The van der Waals surface area contributed by atoms with Gasteiger partial charge in [-0.2, -0.15) is 0 Å². The van der Waals surface area contributed by atoms with E-state index in [1.807, 2.05) is 19.2 Å². The lowest BCUT2D eigenvalue weighted by molar-refractivity contribution is 0.239. The van der Waals surface area contributed by atoms with Gasteiger partial charge in [0.1, 0.15) is 5.82 Å². The van der Waals surface area contributed by atoms with E-state index in [0.29, 0.717) is 5.92 Å². The molecule has 20 heavy (non-hydrogen) atoms. The second kappa shape index (κ2) is 8.38. The minimum Gasteiger partial charge on any atom is -0.313 e. The molecule has 0 aliphatic rings. The molecule has 0 spiro atoms. The summed E-state index contributed by atoms with van der Waals surface area (Å²) in [7, 11) is 4.05. The zero-order valence-electron chi connectivity index (χ0n) is 13.5. The maximum absolute atomic E-state index is 13.9. The Labute approximate surface area is 123 Å². The van der Waals surface area contributed by atoms with Crippen molar-refractivity contribution in [3.8, 4) is 0 Å². The summed E-state index contributed by atoms with van der Waals surface area (Å²) in [4.78, 5) is 2.34. The van der Waals surface area contributed by atoms with Crippen LogP contribution in [0.4, 0.5) is 4.39 Å². The van der Waals surface area contributed by atoms with Crippen LogP contribution in [0.1, 0.15) is 38.8 Å². The van der Waals surface area contributed by atoms with Gasteiger partial charge in [0, 0.05) is 18.2 Å². The first-order chi connectivity index (χ1) is 9.45. The van der Waals surface area contributed by atoms with E-state index in [2.05, 4.69) is 38.0 Å². The fraction of sp³-hybridized carbons (Fsp3) is 0.647. The molecule has 2 nitrogen and oxygen atoms in total. The molecule has 3 heteroatoms. The molecular weight excluding hydrogens is 251 g/mol. The van der Waals surface area contributed by atoms with Gasteiger partial charge in [-0.15, -0.1) is 0 Å². The molecule has 0 bridgehead atoms. The minimum atomic E-state index is -0.122. The van der Waals surface area contributed by atoms with Gasteiger partial charge in [0.15, 0.2) is 0 Å². The van der Waals surface area contributed by atoms with Crippen molar-refractivity contribution < 1.29 is 4.39 Å². The smallest absolute Gasteiger partial charge is 0.127 e.